The van der Waals surface area contributed by atoms with Crippen LogP contribution in [-0.4, -0.2) is 33.9 Å². The van der Waals surface area contributed by atoms with Crippen LogP contribution in [0.25, 0.3) is 5.65 Å². The number of aliphatic hydroxyl groups excluding tert-OH is 1. The second-order valence-corrected chi connectivity index (χ2v) is 6.42. The summed E-state index contributed by atoms with van der Waals surface area (Å²) in [6, 6.07) is 11.5. The summed E-state index contributed by atoms with van der Waals surface area (Å²) in [5, 5.41) is 9.61. The maximum atomic E-state index is 11.7. The van der Waals surface area contributed by atoms with Gasteiger partial charge in [-0.05, 0) is 30.2 Å². The molecule has 2 heterocycles. The third kappa shape index (κ3) is 3.00. The quantitative estimate of drug-likeness (QED) is 0.713. The topological polar surface area (TPSA) is 82.3 Å². The molecule has 2 aromatic heterocycles. The van der Waals surface area contributed by atoms with E-state index in [1.165, 1.54) is 7.11 Å². The molecule has 1 aromatic carbocycles. The van der Waals surface area contributed by atoms with Crippen molar-refractivity contribution in [2.45, 2.75) is 32.2 Å². The number of nitrogens with zero attached hydrogens (tertiary/aromatic N) is 2. The van der Waals surface area contributed by atoms with Gasteiger partial charge < -0.3 is 19.3 Å². The van der Waals surface area contributed by atoms with Crippen LogP contribution in [0.4, 0.5) is 4.79 Å². The third-order valence-electron chi connectivity index (χ3n) is 4.85. The number of imidazole rings is 1. The molecule has 4 rings (SSSR count). The summed E-state index contributed by atoms with van der Waals surface area (Å²) in [7, 11) is 1.28. The summed E-state index contributed by atoms with van der Waals surface area (Å²) in [5.74, 6) is 0.556. The van der Waals surface area contributed by atoms with Gasteiger partial charge in [0.25, 0.3) is 0 Å². The SMILES string of the molecule is COC(=O)O[C@@H]1Cc2ccccc2[C@H]1Oc1cccn2c(CO)c(C)nc12. The van der Waals surface area contributed by atoms with E-state index in [9.17, 15) is 9.90 Å². The van der Waals surface area contributed by atoms with E-state index in [-0.39, 0.29) is 6.61 Å². The van der Waals surface area contributed by atoms with Crippen LogP contribution in [0.2, 0.25) is 0 Å². The van der Waals surface area contributed by atoms with E-state index in [0.717, 1.165) is 16.8 Å². The number of carbonyl (C=O) groups excluding carboxylic acids is 1. The summed E-state index contributed by atoms with van der Waals surface area (Å²) in [6.07, 6.45) is 0.677. The molecule has 7 heteroatoms. The van der Waals surface area contributed by atoms with Crippen molar-refractivity contribution in [3.8, 4) is 5.75 Å². The molecule has 0 saturated carbocycles. The van der Waals surface area contributed by atoms with Gasteiger partial charge in [0.1, 0.15) is 0 Å². The fourth-order valence-corrected chi connectivity index (χ4v) is 3.56. The number of fused-ring (bicyclic) bond motifs is 2. The molecule has 0 aliphatic heterocycles. The first-order chi connectivity index (χ1) is 13.1. The van der Waals surface area contributed by atoms with E-state index in [0.29, 0.717) is 23.5 Å². The highest BCUT2D eigenvalue weighted by Crippen LogP contribution is 2.38. The molecular weight excluding hydrogens is 348 g/mol. The van der Waals surface area contributed by atoms with Gasteiger partial charge in [0, 0.05) is 12.6 Å². The van der Waals surface area contributed by atoms with Crippen LogP contribution in [0.15, 0.2) is 42.6 Å². The second-order valence-electron chi connectivity index (χ2n) is 6.42. The molecule has 140 valence electrons. The first-order valence-electron chi connectivity index (χ1n) is 8.69. The minimum absolute atomic E-state index is 0.114. The summed E-state index contributed by atoms with van der Waals surface area (Å²) in [4.78, 5) is 16.2. The lowest BCUT2D eigenvalue weighted by Crippen LogP contribution is -2.26. The largest absolute Gasteiger partial charge is 0.508 e. The summed E-state index contributed by atoms with van der Waals surface area (Å²) in [6.45, 7) is 1.73. The fraction of sp³-hybridized carbons (Fsp3) is 0.300. The van der Waals surface area contributed by atoms with Gasteiger partial charge in [0.05, 0.1) is 25.1 Å². The number of pyridine rings is 1. The van der Waals surface area contributed by atoms with Crippen molar-refractivity contribution >= 4 is 11.8 Å². The number of aryl methyl sites for hydroxylation is 1. The Morgan fingerprint density at radius 2 is 2.11 bits per heavy atom. The van der Waals surface area contributed by atoms with Crippen LogP contribution in [0, 0.1) is 6.92 Å². The van der Waals surface area contributed by atoms with Crippen LogP contribution >= 0.6 is 0 Å². The Hall–Kier alpha value is -3.06. The van der Waals surface area contributed by atoms with Crippen molar-refractivity contribution in [3.63, 3.8) is 0 Å². The van der Waals surface area contributed by atoms with Gasteiger partial charge in [-0.15, -0.1) is 0 Å². The van der Waals surface area contributed by atoms with E-state index in [1.54, 1.807) is 0 Å². The lowest BCUT2D eigenvalue weighted by atomic mass is 10.1. The summed E-state index contributed by atoms with van der Waals surface area (Å²) in [5.41, 5.74) is 4.10. The van der Waals surface area contributed by atoms with Crippen LogP contribution in [0.1, 0.15) is 28.6 Å². The van der Waals surface area contributed by atoms with E-state index in [2.05, 4.69) is 9.72 Å². The molecule has 3 aromatic rings. The van der Waals surface area contributed by atoms with Crippen molar-refractivity contribution in [3.05, 3.63) is 65.1 Å². The average Bonchev–Trinajstić information content (AvgIpc) is 3.19. The molecule has 0 bridgehead atoms. The smallest absolute Gasteiger partial charge is 0.478 e. The Morgan fingerprint density at radius 1 is 1.30 bits per heavy atom. The third-order valence-corrected chi connectivity index (χ3v) is 4.85. The number of carbonyl (C=O) groups is 1. The summed E-state index contributed by atoms with van der Waals surface area (Å²) >= 11 is 0. The number of ether oxygens (including phenoxy) is 3. The number of benzene rings is 1. The van der Waals surface area contributed by atoms with Gasteiger partial charge in [0.15, 0.2) is 23.6 Å². The van der Waals surface area contributed by atoms with Crippen molar-refractivity contribution in [1.29, 1.82) is 0 Å². The Morgan fingerprint density at radius 3 is 2.89 bits per heavy atom. The molecule has 7 nitrogen and oxygen atoms in total. The van der Waals surface area contributed by atoms with E-state index >= 15 is 0 Å². The molecule has 1 aliphatic rings. The number of aromatic nitrogens is 2. The monoisotopic (exact) mass is 368 g/mol. The van der Waals surface area contributed by atoms with Crippen LogP contribution in [0.5, 0.6) is 5.75 Å². The van der Waals surface area contributed by atoms with Gasteiger partial charge in [-0.3, -0.25) is 4.40 Å². The minimum atomic E-state index is -0.737. The highest BCUT2D eigenvalue weighted by atomic mass is 16.7. The molecule has 0 amide bonds. The van der Waals surface area contributed by atoms with E-state index < -0.39 is 18.4 Å². The predicted octanol–water partition coefficient (Wildman–Crippen LogP) is 2.96. The molecule has 1 N–H and O–H groups in total. The number of hydrogen-bond donors (Lipinski definition) is 1. The lowest BCUT2D eigenvalue weighted by Gasteiger charge is -2.22. The average molecular weight is 368 g/mol. The first-order valence-corrected chi connectivity index (χ1v) is 8.69. The number of aliphatic hydroxyl groups is 1. The molecule has 27 heavy (non-hydrogen) atoms. The normalized spacial score (nSPS) is 18.3. The highest BCUT2D eigenvalue weighted by Gasteiger charge is 2.37. The van der Waals surface area contributed by atoms with Gasteiger partial charge in [-0.2, -0.15) is 0 Å². The molecule has 0 fully saturated rings. The van der Waals surface area contributed by atoms with E-state index in [4.69, 9.17) is 9.47 Å². The van der Waals surface area contributed by atoms with Gasteiger partial charge in [-0.1, -0.05) is 24.3 Å². The maximum Gasteiger partial charge on any atom is 0.508 e. The van der Waals surface area contributed by atoms with E-state index in [1.807, 2.05) is 53.9 Å². The van der Waals surface area contributed by atoms with Gasteiger partial charge >= 0.3 is 6.16 Å². The van der Waals surface area contributed by atoms with Crippen molar-refractivity contribution in [2.24, 2.45) is 0 Å². The zero-order valence-electron chi connectivity index (χ0n) is 15.1. The number of rotatable bonds is 4. The van der Waals surface area contributed by atoms with Crippen LogP contribution in [-0.2, 0) is 22.5 Å². The first kappa shape index (κ1) is 17.4. The van der Waals surface area contributed by atoms with Crippen molar-refractivity contribution < 1.29 is 24.1 Å². The van der Waals surface area contributed by atoms with Crippen LogP contribution in [0.3, 0.4) is 0 Å². The molecule has 0 unspecified atom stereocenters. The van der Waals surface area contributed by atoms with Crippen molar-refractivity contribution in [1.82, 2.24) is 9.38 Å². The second kappa shape index (κ2) is 6.92. The Bertz CT molecular complexity index is 997. The molecule has 1 aliphatic carbocycles. The maximum absolute atomic E-state index is 11.7. The molecule has 2 atom stereocenters. The van der Waals surface area contributed by atoms with Gasteiger partial charge in [0.2, 0.25) is 0 Å². The Balaban J connectivity index is 1.73. The summed E-state index contributed by atoms with van der Waals surface area (Å²) < 4.78 is 18.2. The fourth-order valence-electron chi connectivity index (χ4n) is 3.56. The number of methoxy groups -OCH3 is 1. The zero-order valence-corrected chi connectivity index (χ0v) is 15.1. The number of hydrogen-bond acceptors (Lipinski definition) is 6. The minimum Gasteiger partial charge on any atom is -0.478 e. The standard InChI is InChI=1S/C20H20N2O5/c1-12-15(11-23)22-9-5-8-16(19(22)21-12)26-18-14-7-4-3-6-13(14)10-17(18)27-20(24)25-2/h3-9,17-18,23H,10-11H2,1-2H3/t17-,18-/m1/s1. The predicted molar refractivity (Wildman–Crippen MR) is 96.6 cm³/mol. The molecular formula is C20H20N2O5. The Kier molecular flexibility index (Phi) is 4.45. The molecule has 0 spiro atoms. The Labute approximate surface area is 156 Å². The molecule has 0 saturated heterocycles. The van der Waals surface area contributed by atoms with Gasteiger partial charge in [-0.25, -0.2) is 9.78 Å². The molecule has 0 radical (unpaired) electrons. The lowest BCUT2D eigenvalue weighted by molar-refractivity contribution is -0.00789. The van der Waals surface area contributed by atoms with Crippen molar-refractivity contribution in [2.75, 3.05) is 7.11 Å². The zero-order chi connectivity index (χ0) is 19.0. The van der Waals surface area contributed by atoms with Crippen LogP contribution < -0.4 is 4.74 Å². The highest BCUT2D eigenvalue weighted by molar-refractivity contribution is 5.60.